The van der Waals surface area contributed by atoms with Gasteiger partial charge in [0, 0.05) is 4.90 Å². The highest BCUT2D eigenvalue weighted by molar-refractivity contribution is 8.00. The van der Waals surface area contributed by atoms with E-state index in [1.807, 2.05) is 54.6 Å². The molecule has 0 heterocycles. The fourth-order valence-electron chi connectivity index (χ4n) is 1.59. The normalized spacial score (nSPS) is 10.1. The molecule has 0 aliphatic heterocycles. The van der Waals surface area contributed by atoms with Crippen molar-refractivity contribution in [1.82, 2.24) is 0 Å². The van der Waals surface area contributed by atoms with E-state index in [0.717, 1.165) is 16.2 Å². The smallest absolute Gasteiger partial charge is 0.316 e. The number of methoxy groups -OCH3 is 1. The molecule has 3 nitrogen and oxygen atoms in total. The Kier molecular flexibility index (Phi) is 5.50. The Morgan fingerprint density at radius 2 is 1.75 bits per heavy atom. The van der Waals surface area contributed by atoms with Gasteiger partial charge in [0.15, 0.2) is 0 Å². The predicted octanol–water partition coefficient (Wildman–Crippen LogP) is 3.53. The minimum absolute atomic E-state index is 0.213. The van der Waals surface area contributed by atoms with Gasteiger partial charge in [0.1, 0.15) is 12.4 Å². The number of benzene rings is 2. The summed E-state index contributed by atoms with van der Waals surface area (Å²) in [4.78, 5) is 12.7. The molecule has 0 bridgehead atoms. The van der Waals surface area contributed by atoms with Crippen LogP contribution in [0.15, 0.2) is 59.5 Å². The average Bonchev–Trinajstić information content (AvgIpc) is 2.52. The molecule has 0 N–H and O–H groups in total. The Bertz CT molecular complexity index is 537. The van der Waals surface area contributed by atoms with E-state index < -0.39 is 0 Å². The number of esters is 1. The minimum Gasteiger partial charge on any atom is -0.497 e. The molecule has 0 saturated carbocycles. The van der Waals surface area contributed by atoms with Crippen molar-refractivity contribution in [2.45, 2.75) is 11.5 Å². The van der Waals surface area contributed by atoms with Crippen LogP contribution < -0.4 is 4.74 Å². The van der Waals surface area contributed by atoms with Crippen LogP contribution in [-0.2, 0) is 16.1 Å². The molecule has 0 aliphatic rings. The molecule has 0 unspecified atom stereocenters. The number of thioether (sulfide) groups is 1. The SMILES string of the molecule is COc1ccc(COC(=O)CSc2ccccc2)cc1. The number of hydrogen-bond donors (Lipinski definition) is 0. The standard InChI is InChI=1S/C16H16O3S/c1-18-14-9-7-13(8-10-14)11-19-16(17)12-20-15-5-3-2-4-6-15/h2-10H,11-12H2,1H3. The Morgan fingerprint density at radius 1 is 1.05 bits per heavy atom. The van der Waals surface area contributed by atoms with Gasteiger partial charge in [-0.1, -0.05) is 30.3 Å². The van der Waals surface area contributed by atoms with Crippen molar-refractivity contribution in [3.05, 3.63) is 60.2 Å². The summed E-state index contributed by atoms with van der Waals surface area (Å²) in [5.41, 5.74) is 0.948. The lowest BCUT2D eigenvalue weighted by molar-refractivity contribution is -0.141. The summed E-state index contributed by atoms with van der Waals surface area (Å²) in [6, 6.07) is 17.3. The molecule has 104 valence electrons. The van der Waals surface area contributed by atoms with Crippen molar-refractivity contribution in [2.24, 2.45) is 0 Å². The van der Waals surface area contributed by atoms with Crippen LogP contribution in [0.25, 0.3) is 0 Å². The second kappa shape index (κ2) is 7.60. The van der Waals surface area contributed by atoms with Crippen LogP contribution in [0.1, 0.15) is 5.56 Å². The third-order valence-electron chi connectivity index (χ3n) is 2.66. The number of rotatable bonds is 6. The molecule has 0 atom stereocenters. The first-order valence-electron chi connectivity index (χ1n) is 6.24. The van der Waals surface area contributed by atoms with Crippen LogP contribution in [0.2, 0.25) is 0 Å². The lowest BCUT2D eigenvalue weighted by atomic mass is 10.2. The highest BCUT2D eigenvalue weighted by Crippen LogP contribution is 2.17. The van der Waals surface area contributed by atoms with Gasteiger partial charge in [0.2, 0.25) is 0 Å². The van der Waals surface area contributed by atoms with Crippen LogP contribution in [0, 0.1) is 0 Å². The van der Waals surface area contributed by atoms with Crippen LogP contribution in [-0.4, -0.2) is 18.8 Å². The maximum Gasteiger partial charge on any atom is 0.316 e. The molecule has 0 spiro atoms. The molecule has 20 heavy (non-hydrogen) atoms. The summed E-state index contributed by atoms with van der Waals surface area (Å²) < 4.78 is 10.3. The van der Waals surface area contributed by atoms with E-state index in [1.54, 1.807) is 7.11 Å². The van der Waals surface area contributed by atoms with Gasteiger partial charge in [-0.3, -0.25) is 4.79 Å². The van der Waals surface area contributed by atoms with Crippen molar-refractivity contribution in [1.29, 1.82) is 0 Å². The lowest BCUT2D eigenvalue weighted by Crippen LogP contribution is -2.07. The maximum atomic E-state index is 11.6. The first kappa shape index (κ1) is 14.5. The van der Waals surface area contributed by atoms with Crippen molar-refractivity contribution < 1.29 is 14.3 Å². The topological polar surface area (TPSA) is 35.5 Å². The Morgan fingerprint density at radius 3 is 2.40 bits per heavy atom. The van der Waals surface area contributed by atoms with E-state index in [9.17, 15) is 4.79 Å². The molecule has 0 amide bonds. The first-order chi connectivity index (χ1) is 9.78. The molecule has 4 heteroatoms. The zero-order chi connectivity index (χ0) is 14.2. The Balaban J connectivity index is 1.74. The summed E-state index contributed by atoms with van der Waals surface area (Å²) >= 11 is 1.48. The largest absolute Gasteiger partial charge is 0.497 e. The minimum atomic E-state index is -0.213. The summed E-state index contributed by atoms with van der Waals surface area (Å²) in [6.45, 7) is 0.290. The molecule has 2 aromatic rings. The highest BCUT2D eigenvalue weighted by atomic mass is 32.2. The van der Waals surface area contributed by atoms with Gasteiger partial charge in [-0.25, -0.2) is 0 Å². The molecule has 0 fully saturated rings. The van der Waals surface area contributed by atoms with Gasteiger partial charge in [0.25, 0.3) is 0 Å². The Labute approximate surface area is 122 Å². The molecule has 2 aromatic carbocycles. The van der Waals surface area contributed by atoms with E-state index >= 15 is 0 Å². The van der Waals surface area contributed by atoms with Gasteiger partial charge in [0.05, 0.1) is 12.9 Å². The number of ether oxygens (including phenoxy) is 2. The monoisotopic (exact) mass is 288 g/mol. The number of carbonyl (C=O) groups excluding carboxylic acids is 1. The van der Waals surface area contributed by atoms with Crippen molar-refractivity contribution in [3.63, 3.8) is 0 Å². The third kappa shape index (κ3) is 4.63. The summed E-state index contributed by atoms with van der Waals surface area (Å²) in [7, 11) is 1.62. The van der Waals surface area contributed by atoms with Crippen molar-refractivity contribution in [3.8, 4) is 5.75 Å². The predicted molar refractivity (Wildman–Crippen MR) is 80.0 cm³/mol. The summed E-state index contributed by atoms with van der Waals surface area (Å²) in [5.74, 6) is 0.898. The van der Waals surface area contributed by atoms with Gasteiger partial charge in [-0.15, -0.1) is 11.8 Å². The molecular formula is C16H16O3S. The zero-order valence-electron chi connectivity index (χ0n) is 11.2. The second-order valence-electron chi connectivity index (χ2n) is 4.11. The second-order valence-corrected chi connectivity index (χ2v) is 5.16. The van der Waals surface area contributed by atoms with Crippen molar-refractivity contribution >= 4 is 17.7 Å². The fraction of sp³-hybridized carbons (Fsp3) is 0.188. The summed E-state index contributed by atoms with van der Waals surface area (Å²) in [5, 5.41) is 0. The van der Waals surface area contributed by atoms with Gasteiger partial charge >= 0.3 is 5.97 Å². The van der Waals surface area contributed by atoms with E-state index in [2.05, 4.69) is 0 Å². The summed E-state index contributed by atoms with van der Waals surface area (Å²) in [6.07, 6.45) is 0. The van der Waals surface area contributed by atoms with Crippen LogP contribution in [0.4, 0.5) is 0 Å². The van der Waals surface area contributed by atoms with E-state index in [-0.39, 0.29) is 12.6 Å². The van der Waals surface area contributed by atoms with E-state index in [4.69, 9.17) is 9.47 Å². The van der Waals surface area contributed by atoms with Gasteiger partial charge < -0.3 is 9.47 Å². The lowest BCUT2D eigenvalue weighted by Gasteiger charge is -2.06. The highest BCUT2D eigenvalue weighted by Gasteiger charge is 2.04. The third-order valence-corrected chi connectivity index (χ3v) is 3.64. The van der Waals surface area contributed by atoms with E-state index in [0.29, 0.717) is 5.75 Å². The average molecular weight is 288 g/mol. The van der Waals surface area contributed by atoms with Crippen LogP contribution >= 0.6 is 11.8 Å². The Hall–Kier alpha value is -1.94. The number of carbonyl (C=O) groups is 1. The van der Waals surface area contributed by atoms with Gasteiger partial charge in [-0.05, 0) is 29.8 Å². The molecule has 0 aromatic heterocycles. The van der Waals surface area contributed by atoms with Crippen molar-refractivity contribution in [2.75, 3.05) is 12.9 Å². The quantitative estimate of drug-likeness (QED) is 0.602. The molecule has 0 aliphatic carbocycles. The number of hydrogen-bond acceptors (Lipinski definition) is 4. The zero-order valence-corrected chi connectivity index (χ0v) is 12.1. The molecule has 0 saturated heterocycles. The van der Waals surface area contributed by atoms with Gasteiger partial charge in [-0.2, -0.15) is 0 Å². The molecule has 2 rings (SSSR count). The molecular weight excluding hydrogens is 272 g/mol. The van der Waals surface area contributed by atoms with Crippen LogP contribution in [0.5, 0.6) is 5.75 Å². The molecule has 0 radical (unpaired) electrons. The fourth-order valence-corrected chi connectivity index (χ4v) is 2.30. The van der Waals surface area contributed by atoms with E-state index in [1.165, 1.54) is 11.8 Å². The van der Waals surface area contributed by atoms with Crippen LogP contribution in [0.3, 0.4) is 0 Å². The first-order valence-corrected chi connectivity index (χ1v) is 7.23. The maximum absolute atomic E-state index is 11.6.